The summed E-state index contributed by atoms with van der Waals surface area (Å²) in [6.07, 6.45) is -2.91. The highest BCUT2D eigenvalue weighted by atomic mass is 19.4. The second kappa shape index (κ2) is 7.73. The fourth-order valence-corrected chi connectivity index (χ4v) is 3.31. The van der Waals surface area contributed by atoms with Crippen LogP contribution in [0.3, 0.4) is 0 Å². The molecule has 1 aromatic heterocycles. The second-order valence-electron chi connectivity index (χ2n) is 7.44. The summed E-state index contributed by atoms with van der Waals surface area (Å²) in [4.78, 5) is 10.6. The number of nitrogens with two attached hydrogens (primary N) is 1. The Morgan fingerprint density at radius 2 is 2.00 bits per heavy atom. The highest BCUT2D eigenvalue weighted by Gasteiger charge is 2.63. The largest absolute Gasteiger partial charge is 0.561 e. The van der Waals surface area contributed by atoms with Crippen LogP contribution in [0.1, 0.15) is 12.8 Å². The molecule has 1 aliphatic carbocycles. The summed E-state index contributed by atoms with van der Waals surface area (Å²) < 4.78 is 50.1. The Hall–Kier alpha value is -3.34. The van der Waals surface area contributed by atoms with Gasteiger partial charge >= 0.3 is 13.3 Å². The molecule has 0 saturated heterocycles. The van der Waals surface area contributed by atoms with Crippen molar-refractivity contribution in [2.45, 2.75) is 19.0 Å². The number of hydrogen-bond acceptors (Lipinski definition) is 7. The van der Waals surface area contributed by atoms with Crippen molar-refractivity contribution in [3.63, 3.8) is 0 Å². The number of aromatic nitrogens is 2. The molecule has 1 fully saturated rings. The van der Waals surface area contributed by atoms with E-state index in [1.54, 1.807) is 18.2 Å². The van der Waals surface area contributed by atoms with E-state index in [0.717, 1.165) is 0 Å². The van der Waals surface area contributed by atoms with Crippen LogP contribution in [-0.2, 0) is 9.45 Å². The molecule has 2 aromatic carbocycles. The number of anilines is 1. The van der Waals surface area contributed by atoms with Crippen molar-refractivity contribution in [2.24, 2.45) is 5.41 Å². The fraction of sp³-hybridized carbons (Fsp3) is 0.250. The number of benzene rings is 2. The second-order valence-corrected chi connectivity index (χ2v) is 7.44. The quantitative estimate of drug-likeness (QED) is 0.437. The third-order valence-electron chi connectivity index (χ3n) is 5.41. The van der Waals surface area contributed by atoms with E-state index in [1.807, 2.05) is 0 Å². The normalized spacial score (nSPS) is 14.8. The van der Waals surface area contributed by atoms with Gasteiger partial charge in [-0.25, -0.2) is 0 Å². The summed E-state index contributed by atoms with van der Waals surface area (Å²) in [5, 5.41) is 18.5. The monoisotopic (exact) mass is 431 g/mol. The van der Waals surface area contributed by atoms with Gasteiger partial charge < -0.3 is 20.1 Å². The maximum absolute atomic E-state index is 13.3. The van der Waals surface area contributed by atoms with Crippen LogP contribution in [0.2, 0.25) is 0 Å². The van der Waals surface area contributed by atoms with Crippen LogP contribution in [0.5, 0.6) is 5.75 Å². The molecule has 1 aliphatic rings. The Morgan fingerprint density at radius 1 is 1.23 bits per heavy atom. The van der Waals surface area contributed by atoms with Gasteiger partial charge in [-0.3, -0.25) is 4.79 Å². The van der Waals surface area contributed by atoms with Crippen LogP contribution in [0.4, 0.5) is 18.9 Å². The highest BCUT2D eigenvalue weighted by Crippen LogP contribution is 2.57. The van der Waals surface area contributed by atoms with Gasteiger partial charge in [0.1, 0.15) is 17.8 Å². The topological polar surface area (TPSA) is 108 Å². The molecule has 0 amide bonds. The van der Waals surface area contributed by atoms with Crippen LogP contribution in [0, 0.1) is 5.41 Å². The van der Waals surface area contributed by atoms with Crippen molar-refractivity contribution >= 4 is 35.6 Å². The zero-order chi connectivity index (χ0) is 22.2. The zero-order valence-electron chi connectivity index (χ0n) is 16.1. The molecule has 7 nitrogen and oxygen atoms in total. The summed E-state index contributed by atoms with van der Waals surface area (Å²) in [6.45, 7) is -0.417. The third-order valence-corrected chi connectivity index (χ3v) is 5.41. The van der Waals surface area contributed by atoms with E-state index in [9.17, 15) is 23.0 Å². The van der Waals surface area contributed by atoms with Crippen molar-refractivity contribution in [1.29, 1.82) is 0 Å². The first kappa shape index (κ1) is 20.9. The molecule has 3 N–H and O–H groups in total. The number of carbonyl (C=O) groups excluding carboxylic acids is 1. The molecule has 0 spiro atoms. The molecule has 0 unspecified atom stereocenters. The average Bonchev–Trinajstić information content (AvgIpc) is 3.54. The number of halogens is 3. The van der Waals surface area contributed by atoms with Gasteiger partial charge in [-0.05, 0) is 48.1 Å². The molecule has 0 atom stereocenters. The van der Waals surface area contributed by atoms with Gasteiger partial charge in [0.15, 0.2) is 0 Å². The lowest BCUT2D eigenvalue weighted by molar-refractivity contribution is -0.194. The molecule has 3 aromatic rings. The molecule has 4 rings (SSSR count). The summed E-state index contributed by atoms with van der Waals surface area (Å²) in [7, 11) is -1.54. The smallest absolute Gasteiger partial charge is 0.508 e. The summed E-state index contributed by atoms with van der Waals surface area (Å²) in [5.74, 6) is 0.189. The molecule has 0 aliphatic heterocycles. The Bertz CT molecular complexity index is 1140. The predicted octanol–water partition coefficient (Wildman–Crippen LogP) is 2.46. The maximum Gasteiger partial charge on any atom is 0.561 e. The molecule has 0 radical (unpaired) electrons. The van der Waals surface area contributed by atoms with Crippen molar-refractivity contribution in [2.75, 3.05) is 12.3 Å². The number of hydrogen-bond donors (Lipinski definition) is 2. The molecule has 31 heavy (non-hydrogen) atoms. The zero-order valence-corrected chi connectivity index (χ0v) is 16.1. The van der Waals surface area contributed by atoms with E-state index in [4.69, 9.17) is 10.5 Å². The standard InChI is InChI=1S/C20H17BF3N3O4/c22-20(23,24)19(5-6-19)10-30-18-4-2-13(21(29)31-11-28)8-15(18)12-1-3-14-16(25)9-26-27-17(14)7-12/h1-4,7-9,11,29H,5-6,10H2,(H2,25,27). The van der Waals surface area contributed by atoms with Crippen molar-refractivity contribution in [3.05, 3.63) is 42.6 Å². The molecule has 1 saturated carbocycles. The van der Waals surface area contributed by atoms with Gasteiger partial charge in [-0.15, -0.1) is 0 Å². The minimum atomic E-state index is -4.35. The minimum Gasteiger partial charge on any atom is -0.508 e. The van der Waals surface area contributed by atoms with E-state index < -0.39 is 25.3 Å². The molecular weight excluding hydrogens is 414 g/mol. The van der Waals surface area contributed by atoms with Crippen molar-refractivity contribution in [3.8, 4) is 16.9 Å². The van der Waals surface area contributed by atoms with Crippen molar-refractivity contribution in [1.82, 2.24) is 10.2 Å². The van der Waals surface area contributed by atoms with E-state index in [0.29, 0.717) is 27.7 Å². The Labute approximate surface area is 175 Å². The number of alkyl halides is 3. The number of rotatable bonds is 7. The average molecular weight is 431 g/mol. The van der Waals surface area contributed by atoms with E-state index >= 15 is 0 Å². The number of nitrogens with zero attached hydrogens (tertiary/aromatic N) is 2. The van der Waals surface area contributed by atoms with Crippen LogP contribution in [0.15, 0.2) is 42.6 Å². The first-order valence-electron chi connectivity index (χ1n) is 9.36. The lowest BCUT2D eigenvalue weighted by Crippen LogP contribution is -2.33. The third kappa shape index (κ3) is 4.00. The van der Waals surface area contributed by atoms with Crippen LogP contribution >= 0.6 is 0 Å². The van der Waals surface area contributed by atoms with Crippen LogP contribution in [-0.4, -0.2) is 41.6 Å². The predicted molar refractivity (Wildman–Crippen MR) is 107 cm³/mol. The summed E-state index contributed by atoms with van der Waals surface area (Å²) in [5.41, 5.74) is 6.15. The van der Waals surface area contributed by atoms with Gasteiger partial charge in [0.25, 0.3) is 6.47 Å². The number of fused-ring (bicyclic) bond motifs is 1. The first-order valence-corrected chi connectivity index (χ1v) is 9.36. The van der Waals surface area contributed by atoms with Gasteiger partial charge in [0.05, 0.1) is 17.4 Å². The maximum atomic E-state index is 13.3. The van der Waals surface area contributed by atoms with Gasteiger partial charge in [-0.2, -0.15) is 23.4 Å². The SMILES string of the molecule is Nc1cnnc2cc(-c3cc(B(O)OC=O)ccc3OCC3(C(F)(F)F)CC3)ccc12. The van der Waals surface area contributed by atoms with E-state index in [-0.39, 0.29) is 30.5 Å². The van der Waals surface area contributed by atoms with E-state index in [2.05, 4.69) is 14.9 Å². The molecule has 11 heteroatoms. The highest BCUT2D eigenvalue weighted by molar-refractivity contribution is 6.61. The fourth-order valence-electron chi connectivity index (χ4n) is 3.31. The number of ether oxygens (including phenoxy) is 1. The van der Waals surface area contributed by atoms with E-state index in [1.165, 1.54) is 24.4 Å². The van der Waals surface area contributed by atoms with Crippen molar-refractivity contribution < 1.29 is 32.4 Å². The number of carbonyl (C=O) groups is 1. The molecule has 0 bridgehead atoms. The summed E-state index contributed by atoms with van der Waals surface area (Å²) >= 11 is 0. The minimum absolute atomic E-state index is 0.0145. The number of nitrogen functional groups attached to an aromatic ring is 1. The Morgan fingerprint density at radius 3 is 2.68 bits per heavy atom. The molecule has 1 heterocycles. The lowest BCUT2D eigenvalue weighted by Gasteiger charge is -2.21. The first-order chi connectivity index (χ1) is 14.7. The van der Waals surface area contributed by atoms with Gasteiger partial charge in [-0.1, -0.05) is 12.1 Å². The van der Waals surface area contributed by atoms with Gasteiger partial charge in [0, 0.05) is 10.9 Å². The molecular formula is C20H17BF3N3O4. The van der Waals surface area contributed by atoms with Gasteiger partial charge in [0.2, 0.25) is 0 Å². The molecule has 160 valence electrons. The Kier molecular flexibility index (Phi) is 5.22. The van der Waals surface area contributed by atoms with Crippen LogP contribution < -0.4 is 15.9 Å². The summed E-state index contributed by atoms with van der Waals surface area (Å²) in [6, 6.07) is 9.41. The Balaban J connectivity index is 1.74. The van der Waals surface area contributed by atoms with Crippen LogP contribution in [0.25, 0.3) is 22.0 Å². The lowest BCUT2D eigenvalue weighted by atomic mass is 9.78.